The third kappa shape index (κ3) is 5.26. The van der Waals surface area contributed by atoms with Gasteiger partial charge in [-0.05, 0) is 25.5 Å². The average Bonchev–Trinajstić information content (AvgIpc) is 2.28. The molecule has 1 aromatic rings. The van der Waals surface area contributed by atoms with Gasteiger partial charge in [-0.2, -0.15) is 0 Å². The van der Waals surface area contributed by atoms with Crippen LogP contribution in [0, 0.1) is 0 Å². The first-order valence-electron chi connectivity index (χ1n) is 5.81. The fourth-order valence-corrected chi connectivity index (χ4v) is 1.71. The third-order valence-corrected chi connectivity index (χ3v) is 2.67. The van der Waals surface area contributed by atoms with Crippen LogP contribution in [0.25, 0.3) is 0 Å². The van der Waals surface area contributed by atoms with Crippen LogP contribution >= 0.6 is 0 Å². The quantitative estimate of drug-likeness (QED) is 0.720. The lowest BCUT2D eigenvalue weighted by atomic mass is 10.1. The van der Waals surface area contributed by atoms with Gasteiger partial charge in [-0.3, -0.25) is 0 Å². The van der Waals surface area contributed by atoms with E-state index in [-0.39, 0.29) is 12.6 Å². The van der Waals surface area contributed by atoms with E-state index in [1.54, 1.807) is 0 Å². The Labute approximate surface area is 97.9 Å². The van der Waals surface area contributed by atoms with E-state index in [2.05, 4.69) is 36.2 Å². The number of likely N-dealkylation sites (N-methyl/N-ethyl adjacent to an activating group) is 1. The van der Waals surface area contributed by atoms with Gasteiger partial charge in [-0.1, -0.05) is 30.3 Å². The monoisotopic (exact) mass is 222 g/mol. The highest BCUT2D eigenvalue weighted by Crippen LogP contribution is 2.01. The van der Waals surface area contributed by atoms with Gasteiger partial charge in [0.25, 0.3) is 0 Å². The van der Waals surface area contributed by atoms with E-state index in [1.807, 2.05) is 6.07 Å². The van der Waals surface area contributed by atoms with E-state index in [4.69, 9.17) is 10.8 Å². The van der Waals surface area contributed by atoms with Crippen LogP contribution in [0.15, 0.2) is 30.3 Å². The summed E-state index contributed by atoms with van der Waals surface area (Å²) in [6.45, 7) is 2.02. The first kappa shape index (κ1) is 13.2. The Morgan fingerprint density at radius 3 is 2.62 bits per heavy atom. The minimum absolute atomic E-state index is 0.0748. The summed E-state index contributed by atoms with van der Waals surface area (Å²) in [5.41, 5.74) is 7.20. The zero-order valence-corrected chi connectivity index (χ0v) is 9.97. The second-order valence-electron chi connectivity index (χ2n) is 4.27. The van der Waals surface area contributed by atoms with E-state index >= 15 is 0 Å². The molecule has 0 aliphatic carbocycles. The van der Waals surface area contributed by atoms with Crippen molar-refractivity contribution in [3.63, 3.8) is 0 Å². The summed E-state index contributed by atoms with van der Waals surface area (Å²) >= 11 is 0. The fourth-order valence-electron chi connectivity index (χ4n) is 1.71. The lowest BCUT2D eigenvalue weighted by molar-refractivity contribution is 0.247. The number of hydrogen-bond donors (Lipinski definition) is 2. The molecule has 1 rings (SSSR count). The predicted octanol–water partition coefficient (Wildman–Crippen LogP) is 0.871. The van der Waals surface area contributed by atoms with Gasteiger partial charge in [0.15, 0.2) is 0 Å². The number of nitrogens with zero attached hydrogens (tertiary/aromatic N) is 1. The van der Waals surface area contributed by atoms with Crippen molar-refractivity contribution < 1.29 is 5.11 Å². The Balaban J connectivity index is 2.22. The second kappa shape index (κ2) is 7.39. The number of aliphatic hydroxyl groups excluding tert-OH is 1. The van der Waals surface area contributed by atoms with Gasteiger partial charge in [-0.15, -0.1) is 0 Å². The summed E-state index contributed by atoms with van der Waals surface area (Å²) < 4.78 is 0. The van der Waals surface area contributed by atoms with Gasteiger partial charge in [0.1, 0.15) is 0 Å². The highest BCUT2D eigenvalue weighted by molar-refractivity contribution is 5.14. The first-order valence-corrected chi connectivity index (χ1v) is 5.81. The normalized spacial score (nSPS) is 13.0. The Hall–Kier alpha value is -0.900. The van der Waals surface area contributed by atoms with Crippen LogP contribution < -0.4 is 5.73 Å². The van der Waals surface area contributed by atoms with Crippen LogP contribution in [0.1, 0.15) is 12.0 Å². The fraction of sp³-hybridized carbons (Fsp3) is 0.538. The van der Waals surface area contributed by atoms with Crippen LogP contribution in [0.4, 0.5) is 0 Å². The van der Waals surface area contributed by atoms with E-state index < -0.39 is 0 Å². The van der Waals surface area contributed by atoms with Gasteiger partial charge in [-0.25, -0.2) is 0 Å². The van der Waals surface area contributed by atoms with Crippen molar-refractivity contribution >= 4 is 0 Å². The summed E-state index contributed by atoms with van der Waals surface area (Å²) in [4.78, 5) is 2.22. The summed E-state index contributed by atoms with van der Waals surface area (Å²) in [6.07, 6.45) is 1.72. The van der Waals surface area contributed by atoms with Crippen LogP contribution in [0.3, 0.4) is 0 Å². The van der Waals surface area contributed by atoms with Crippen LogP contribution in [-0.2, 0) is 6.42 Å². The maximum absolute atomic E-state index is 8.76. The molecule has 0 fully saturated rings. The molecule has 0 aliphatic rings. The maximum atomic E-state index is 8.76. The molecule has 0 aromatic heterocycles. The molecule has 0 saturated heterocycles. The lowest BCUT2D eigenvalue weighted by Gasteiger charge is -2.20. The zero-order chi connectivity index (χ0) is 11.8. The van der Waals surface area contributed by atoms with Crippen LogP contribution in [-0.4, -0.2) is 42.8 Å². The topological polar surface area (TPSA) is 49.5 Å². The van der Waals surface area contributed by atoms with Crippen molar-refractivity contribution in [1.82, 2.24) is 4.90 Å². The van der Waals surface area contributed by atoms with Gasteiger partial charge in [0.2, 0.25) is 0 Å². The molecule has 3 nitrogen and oxygen atoms in total. The van der Waals surface area contributed by atoms with E-state index in [9.17, 15) is 0 Å². The lowest BCUT2D eigenvalue weighted by Crippen LogP contribution is -2.36. The molecule has 16 heavy (non-hydrogen) atoms. The molecule has 0 aliphatic heterocycles. The van der Waals surface area contributed by atoms with Crippen molar-refractivity contribution in [1.29, 1.82) is 0 Å². The number of aliphatic hydroxyl groups is 1. The number of rotatable bonds is 7. The molecule has 1 unspecified atom stereocenters. The highest BCUT2D eigenvalue weighted by atomic mass is 16.3. The van der Waals surface area contributed by atoms with Crippen molar-refractivity contribution in [3.8, 4) is 0 Å². The van der Waals surface area contributed by atoms with Gasteiger partial charge in [0.05, 0.1) is 0 Å². The molecule has 0 heterocycles. The Morgan fingerprint density at radius 2 is 2.00 bits per heavy atom. The minimum atomic E-state index is 0.0748. The Kier molecular flexibility index (Phi) is 6.08. The Bertz CT molecular complexity index is 277. The van der Waals surface area contributed by atoms with E-state index in [0.29, 0.717) is 6.42 Å². The molecule has 0 bridgehead atoms. The van der Waals surface area contributed by atoms with Crippen LogP contribution in [0.2, 0.25) is 0 Å². The largest absolute Gasteiger partial charge is 0.396 e. The molecule has 1 aromatic carbocycles. The number of nitrogens with two attached hydrogens (primary N) is 1. The Morgan fingerprint density at radius 1 is 1.31 bits per heavy atom. The van der Waals surface area contributed by atoms with Crippen molar-refractivity contribution in [2.75, 3.05) is 26.7 Å². The molecule has 1 atom stereocenters. The van der Waals surface area contributed by atoms with Gasteiger partial charge < -0.3 is 15.7 Å². The van der Waals surface area contributed by atoms with Crippen molar-refractivity contribution in [2.24, 2.45) is 5.73 Å². The van der Waals surface area contributed by atoms with E-state index in [0.717, 1.165) is 19.5 Å². The number of benzene rings is 1. The standard InChI is InChI=1S/C13H22N2O/c1-15(11-13(14)8-10-16)9-7-12-5-3-2-4-6-12/h2-6,13,16H,7-11,14H2,1H3. The summed E-state index contributed by atoms with van der Waals surface area (Å²) in [6, 6.07) is 10.5. The molecule has 3 N–H and O–H groups in total. The SMILES string of the molecule is CN(CCc1ccccc1)CC(N)CCO. The summed E-state index contributed by atoms with van der Waals surface area (Å²) in [5, 5.41) is 8.76. The molecule has 0 amide bonds. The zero-order valence-electron chi connectivity index (χ0n) is 9.97. The smallest absolute Gasteiger partial charge is 0.0446 e. The molecular formula is C13H22N2O. The molecular weight excluding hydrogens is 200 g/mol. The maximum Gasteiger partial charge on any atom is 0.0446 e. The average molecular weight is 222 g/mol. The predicted molar refractivity (Wildman–Crippen MR) is 67.3 cm³/mol. The molecule has 90 valence electrons. The minimum Gasteiger partial charge on any atom is -0.396 e. The third-order valence-electron chi connectivity index (χ3n) is 2.67. The summed E-state index contributed by atoms with van der Waals surface area (Å²) in [5.74, 6) is 0. The van der Waals surface area contributed by atoms with Crippen molar-refractivity contribution in [3.05, 3.63) is 35.9 Å². The van der Waals surface area contributed by atoms with Crippen molar-refractivity contribution in [2.45, 2.75) is 18.9 Å². The first-order chi connectivity index (χ1) is 7.72. The summed E-state index contributed by atoms with van der Waals surface area (Å²) in [7, 11) is 2.07. The second-order valence-corrected chi connectivity index (χ2v) is 4.27. The molecule has 0 saturated carbocycles. The van der Waals surface area contributed by atoms with Gasteiger partial charge in [0, 0.05) is 25.7 Å². The highest BCUT2D eigenvalue weighted by Gasteiger charge is 2.05. The molecule has 3 heteroatoms. The van der Waals surface area contributed by atoms with E-state index in [1.165, 1.54) is 5.56 Å². The van der Waals surface area contributed by atoms with Gasteiger partial charge >= 0.3 is 0 Å². The molecule has 0 radical (unpaired) electrons. The molecule has 0 spiro atoms. The van der Waals surface area contributed by atoms with Crippen LogP contribution in [0.5, 0.6) is 0 Å². The number of hydrogen-bond acceptors (Lipinski definition) is 3.